The van der Waals surface area contributed by atoms with Crippen molar-refractivity contribution in [1.82, 2.24) is 10.2 Å². The van der Waals surface area contributed by atoms with Crippen LogP contribution in [0.3, 0.4) is 0 Å². The average Bonchev–Trinajstić information content (AvgIpc) is 3.31. The maximum atomic E-state index is 13.8. The summed E-state index contributed by atoms with van der Waals surface area (Å²) in [6, 6.07) is 8.46. The molecule has 3 rings (SSSR count). The summed E-state index contributed by atoms with van der Waals surface area (Å²) in [4.78, 5) is 28.5. The molecule has 2 amide bonds. The molecule has 1 saturated carbocycles. The first-order chi connectivity index (χ1) is 17.4. The van der Waals surface area contributed by atoms with Crippen molar-refractivity contribution in [2.45, 2.75) is 57.7 Å². The molecule has 202 valence electrons. The molecule has 0 aromatic heterocycles. The molecule has 0 bridgehead atoms. The highest BCUT2D eigenvalue weighted by molar-refractivity contribution is 7.92. The molecule has 1 N–H and O–H groups in total. The zero-order valence-electron chi connectivity index (χ0n) is 20.5. The monoisotopic (exact) mass is 607 g/mol. The number of carbonyl (C=O) groups is 2. The Kier molecular flexibility index (Phi) is 10.4. The summed E-state index contributed by atoms with van der Waals surface area (Å²) in [5, 5.41) is 4.16. The zero-order valence-corrected chi connectivity index (χ0v) is 24.4. The summed E-state index contributed by atoms with van der Waals surface area (Å²) in [5.41, 5.74) is 0.790. The van der Waals surface area contributed by atoms with Gasteiger partial charge in [-0.05, 0) is 55.2 Å². The predicted octanol–water partition coefficient (Wildman–Crippen LogP) is 5.93. The van der Waals surface area contributed by atoms with Crippen molar-refractivity contribution >= 4 is 73.9 Å². The van der Waals surface area contributed by atoms with E-state index >= 15 is 0 Å². The minimum atomic E-state index is -3.91. The first kappa shape index (κ1) is 29.8. The normalized spacial score (nSPS) is 14.9. The number of hydrogen-bond acceptors (Lipinski definition) is 4. The third-order valence-electron chi connectivity index (χ3n) is 6.24. The van der Waals surface area contributed by atoms with E-state index < -0.39 is 28.5 Å². The van der Waals surface area contributed by atoms with Crippen molar-refractivity contribution in [3.63, 3.8) is 0 Å². The van der Waals surface area contributed by atoms with E-state index in [9.17, 15) is 18.0 Å². The fraction of sp³-hybridized carbons (Fsp3) is 0.440. The minimum absolute atomic E-state index is 0.0280. The number of amides is 2. The lowest BCUT2D eigenvalue weighted by molar-refractivity contribution is -0.140. The van der Waals surface area contributed by atoms with Crippen molar-refractivity contribution in [3.8, 4) is 0 Å². The molecular weight excluding hydrogens is 580 g/mol. The van der Waals surface area contributed by atoms with E-state index in [0.29, 0.717) is 22.0 Å². The molecule has 0 radical (unpaired) electrons. The van der Waals surface area contributed by atoms with Crippen LogP contribution in [-0.2, 0) is 26.2 Å². The molecule has 0 aliphatic heterocycles. The Labute approximate surface area is 238 Å². The molecule has 0 spiro atoms. The van der Waals surface area contributed by atoms with Crippen molar-refractivity contribution in [3.05, 3.63) is 62.1 Å². The minimum Gasteiger partial charge on any atom is -0.352 e. The molecule has 12 heteroatoms. The van der Waals surface area contributed by atoms with Gasteiger partial charge in [0, 0.05) is 22.6 Å². The third kappa shape index (κ3) is 8.14. The topological polar surface area (TPSA) is 86.8 Å². The van der Waals surface area contributed by atoms with Crippen LogP contribution < -0.4 is 9.62 Å². The molecule has 0 saturated heterocycles. The lowest BCUT2D eigenvalue weighted by atomic mass is 10.1. The summed E-state index contributed by atoms with van der Waals surface area (Å²) in [5.74, 6) is -0.847. The van der Waals surface area contributed by atoms with E-state index in [4.69, 9.17) is 46.4 Å². The second-order valence-electron chi connectivity index (χ2n) is 9.08. The SMILES string of the molecule is CC[C@H](C(=O)NC1CCCC1)N(Cc1ccc(Cl)c(Cl)c1)C(=O)CN(c1cc(Cl)cc(Cl)c1)S(C)(=O)=O. The van der Waals surface area contributed by atoms with Crippen LogP contribution in [0.15, 0.2) is 36.4 Å². The van der Waals surface area contributed by atoms with Crippen LogP contribution in [0.5, 0.6) is 0 Å². The summed E-state index contributed by atoms with van der Waals surface area (Å²) in [7, 11) is -3.91. The van der Waals surface area contributed by atoms with Gasteiger partial charge in [-0.3, -0.25) is 13.9 Å². The molecule has 2 aromatic rings. The molecule has 7 nitrogen and oxygen atoms in total. The van der Waals surface area contributed by atoms with Gasteiger partial charge in [0.25, 0.3) is 0 Å². The van der Waals surface area contributed by atoms with Gasteiger partial charge in [-0.2, -0.15) is 0 Å². The third-order valence-corrected chi connectivity index (χ3v) is 8.55. The molecule has 1 aliphatic carbocycles. The van der Waals surface area contributed by atoms with Crippen molar-refractivity contribution in [1.29, 1.82) is 0 Å². The first-order valence-corrected chi connectivity index (χ1v) is 15.2. The van der Waals surface area contributed by atoms with E-state index in [-0.39, 0.29) is 34.2 Å². The number of anilines is 1. The lowest BCUT2D eigenvalue weighted by Crippen LogP contribution is -2.53. The standard InChI is InChI=1S/C25H29Cl4N3O4S/c1-3-23(25(34)30-19-6-4-5-7-19)31(14-16-8-9-21(28)22(29)10-16)24(33)15-32(37(2,35)36)20-12-17(26)11-18(27)13-20/h8-13,19,23H,3-7,14-15H2,1-2H3,(H,30,34)/t23-/m1/s1. The largest absolute Gasteiger partial charge is 0.352 e. The van der Waals surface area contributed by atoms with E-state index in [2.05, 4.69) is 5.32 Å². The number of benzene rings is 2. The smallest absolute Gasteiger partial charge is 0.244 e. The van der Waals surface area contributed by atoms with Crippen LogP contribution in [-0.4, -0.2) is 50.0 Å². The molecule has 2 aromatic carbocycles. The van der Waals surface area contributed by atoms with Crippen LogP contribution in [0.1, 0.15) is 44.6 Å². The second kappa shape index (κ2) is 12.9. The fourth-order valence-corrected chi connectivity index (χ4v) is 6.09. The summed E-state index contributed by atoms with van der Waals surface area (Å²) >= 11 is 24.4. The van der Waals surface area contributed by atoms with Gasteiger partial charge < -0.3 is 10.2 Å². The number of halogens is 4. The number of nitrogens with zero attached hydrogens (tertiary/aromatic N) is 2. The van der Waals surface area contributed by atoms with Crippen LogP contribution in [0.4, 0.5) is 5.69 Å². The molecule has 0 unspecified atom stereocenters. The van der Waals surface area contributed by atoms with Gasteiger partial charge in [-0.1, -0.05) is 72.2 Å². The highest BCUT2D eigenvalue weighted by atomic mass is 35.5. The van der Waals surface area contributed by atoms with Crippen LogP contribution >= 0.6 is 46.4 Å². The summed E-state index contributed by atoms with van der Waals surface area (Å²) in [6.07, 6.45) is 5.18. The highest BCUT2D eigenvalue weighted by Crippen LogP contribution is 2.28. The average molecular weight is 609 g/mol. The number of rotatable bonds is 10. The van der Waals surface area contributed by atoms with Gasteiger partial charge >= 0.3 is 0 Å². The number of carbonyl (C=O) groups excluding carboxylic acids is 2. The van der Waals surface area contributed by atoms with Gasteiger partial charge in [0.15, 0.2) is 0 Å². The van der Waals surface area contributed by atoms with Gasteiger partial charge in [0.1, 0.15) is 12.6 Å². The van der Waals surface area contributed by atoms with Gasteiger partial charge in [-0.15, -0.1) is 0 Å². The van der Waals surface area contributed by atoms with Crippen LogP contribution in [0, 0.1) is 0 Å². The van der Waals surface area contributed by atoms with Crippen molar-refractivity contribution < 1.29 is 18.0 Å². The molecular formula is C25H29Cl4N3O4S. The molecule has 0 heterocycles. The van der Waals surface area contributed by atoms with Crippen LogP contribution in [0.2, 0.25) is 20.1 Å². The van der Waals surface area contributed by atoms with Gasteiger partial charge in [0.05, 0.1) is 22.0 Å². The Morgan fingerprint density at radius 1 is 1.00 bits per heavy atom. The Bertz CT molecular complexity index is 1230. The van der Waals surface area contributed by atoms with E-state index in [1.807, 2.05) is 0 Å². The Hall–Kier alpha value is -1.71. The molecule has 1 fully saturated rings. The first-order valence-electron chi connectivity index (χ1n) is 11.9. The molecule has 1 aliphatic rings. The predicted molar refractivity (Wildman–Crippen MR) is 150 cm³/mol. The summed E-state index contributed by atoms with van der Waals surface area (Å²) < 4.78 is 26.4. The van der Waals surface area contributed by atoms with E-state index in [1.54, 1.807) is 25.1 Å². The fourth-order valence-electron chi connectivity index (χ4n) is 4.42. The maximum absolute atomic E-state index is 13.8. The van der Waals surface area contributed by atoms with Gasteiger partial charge in [0.2, 0.25) is 21.8 Å². The summed E-state index contributed by atoms with van der Waals surface area (Å²) in [6.45, 7) is 1.28. The lowest BCUT2D eigenvalue weighted by Gasteiger charge is -2.33. The number of sulfonamides is 1. The zero-order chi connectivity index (χ0) is 27.3. The number of hydrogen-bond donors (Lipinski definition) is 1. The van der Waals surface area contributed by atoms with E-state index in [1.165, 1.54) is 23.1 Å². The molecule has 37 heavy (non-hydrogen) atoms. The van der Waals surface area contributed by atoms with Crippen LogP contribution in [0.25, 0.3) is 0 Å². The Morgan fingerprint density at radius 3 is 2.16 bits per heavy atom. The maximum Gasteiger partial charge on any atom is 0.244 e. The Balaban J connectivity index is 1.96. The quantitative estimate of drug-likeness (QED) is 0.362. The van der Waals surface area contributed by atoms with Gasteiger partial charge in [-0.25, -0.2) is 8.42 Å². The van der Waals surface area contributed by atoms with E-state index in [0.717, 1.165) is 36.2 Å². The van der Waals surface area contributed by atoms with Crippen molar-refractivity contribution in [2.24, 2.45) is 0 Å². The Morgan fingerprint density at radius 2 is 1.62 bits per heavy atom. The molecule has 1 atom stereocenters. The highest BCUT2D eigenvalue weighted by Gasteiger charge is 2.33. The van der Waals surface area contributed by atoms with Crippen molar-refractivity contribution in [2.75, 3.05) is 17.1 Å². The number of nitrogens with one attached hydrogen (secondary N) is 1. The second-order valence-corrected chi connectivity index (χ2v) is 12.7.